The molecule has 3 N–H and O–H groups in total. The molecule has 1 heterocycles. The molecule has 5 nitrogen and oxygen atoms in total. The number of aliphatic hydroxyl groups is 1. The van der Waals surface area contributed by atoms with Crippen molar-refractivity contribution in [2.75, 3.05) is 18.9 Å². The Hall–Kier alpha value is -1.36. The molecule has 0 unspecified atom stereocenters. The molecular formula is C10H17N3O2. The molecular weight excluding hydrogens is 194 g/mol. The number of aromatic nitrogens is 2. The summed E-state index contributed by atoms with van der Waals surface area (Å²) in [4.78, 5) is 7.87. The third kappa shape index (κ3) is 3.71. The lowest BCUT2D eigenvalue weighted by Gasteiger charge is -2.21. The van der Waals surface area contributed by atoms with Crippen LogP contribution in [0.3, 0.4) is 0 Å². The molecule has 1 aromatic rings. The van der Waals surface area contributed by atoms with Crippen LogP contribution in [-0.2, 0) is 0 Å². The number of nitrogens with zero attached hydrogens (tertiary/aromatic N) is 2. The third-order valence-corrected chi connectivity index (χ3v) is 1.89. The number of aryl methyl sites for hydroxylation is 1. The minimum Gasteiger partial charge on any atom is -0.477 e. The molecule has 0 atom stereocenters. The number of ether oxygens (including phenoxy) is 1. The summed E-state index contributed by atoms with van der Waals surface area (Å²) in [6.07, 6.45) is 0. The van der Waals surface area contributed by atoms with E-state index in [4.69, 9.17) is 15.6 Å². The maximum Gasteiger partial charge on any atom is 0.223 e. The van der Waals surface area contributed by atoms with Gasteiger partial charge in [-0.15, -0.1) is 0 Å². The first kappa shape index (κ1) is 11.7. The zero-order chi connectivity index (χ0) is 11.5. The minimum absolute atomic E-state index is 0.0621. The van der Waals surface area contributed by atoms with Crippen molar-refractivity contribution in [3.8, 4) is 5.88 Å². The zero-order valence-corrected chi connectivity index (χ0v) is 9.32. The molecule has 0 amide bonds. The second-order valence-electron chi connectivity index (χ2n) is 4.32. The number of rotatable bonds is 4. The maximum atomic E-state index is 9.04. The van der Waals surface area contributed by atoms with Crippen molar-refractivity contribution in [2.24, 2.45) is 5.41 Å². The Labute approximate surface area is 89.3 Å². The van der Waals surface area contributed by atoms with Gasteiger partial charge < -0.3 is 15.6 Å². The Balaban J connectivity index is 2.65. The molecule has 0 radical (unpaired) electrons. The van der Waals surface area contributed by atoms with Gasteiger partial charge in [0.05, 0.1) is 13.2 Å². The van der Waals surface area contributed by atoms with E-state index in [2.05, 4.69) is 9.97 Å². The van der Waals surface area contributed by atoms with Gasteiger partial charge in [-0.05, 0) is 6.92 Å². The van der Waals surface area contributed by atoms with Crippen molar-refractivity contribution in [3.05, 3.63) is 11.8 Å². The molecule has 0 aliphatic heterocycles. The fourth-order valence-corrected chi connectivity index (χ4v) is 0.951. The van der Waals surface area contributed by atoms with Gasteiger partial charge in [-0.3, -0.25) is 0 Å². The molecule has 0 saturated heterocycles. The van der Waals surface area contributed by atoms with Crippen molar-refractivity contribution in [1.82, 2.24) is 9.97 Å². The average molecular weight is 211 g/mol. The van der Waals surface area contributed by atoms with Gasteiger partial charge >= 0.3 is 0 Å². The maximum absolute atomic E-state index is 9.04. The molecule has 0 aliphatic rings. The molecule has 0 bridgehead atoms. The van der Waals surface area contributed by atoms with Crippen molar-refractivity contribution in [3.63, 3.8) is 0 Å². The first-order chi connectivity index (χ1) is 6.93. The van der Waals surface area contributed by atoms with Crippen LogP contribution in [0.1, 0.15) is 19.5 Å². The quantitative estimate of drug-likeness (QED) is 0.768. The van der Waals surface area contributed by atoms with Crippen molar-refractivity contribution >= 4 is 5.95 Å². The summed E-state index contributed by atoms with van der Waals surface area (Å²) in [6, 6.07) is 1.71. The summed E-state index contributed by atoms with van der Waals surface area (Å²) in [5.41, 5.74) is 5.96. The van der Waals surface area contributed by atoms with Gasteiger partial charge in [-0.2, -0.15) is 4.98 Å². The molecule has 0 aromatic carbocycles. The number of hydrogen-bond donors (Lipinski definition) is 2. The molecule has 0 fully saturated rings. The van der Waals surface area contributed by atoms with Gasteiger partial charge in [0.2, 0.25) is 11.8 Å². The third-order valence-electron chi connectivity index (χ3n) is 1.89. The Morgan fingerprint density at radius 2 is 2.13 bits per heavy atom. The van der Waals surface area contributed by atoms with E-state index in [-0.39, 0.29) is 18.0 Å². The van der Waals surface area contributed by atoms with Crippen LogP contribution in [0, 0.1) is 12.3 Å². The Kier molecular flexibility index (Phi) is 3.47. The van der Waals surface area contributed by atoms with E-state index in [0.717, 1.165) is 5.69 Å². The highest BCUT2D eigenvalue weighted by atomic mass is 16.5. The van der Waals surface area contributed by atoms with Crippen LogP contribution in [0.25, 0.3) is 0 Å². The van der Waals surface area contributed by atoms with E-state index in [0.29, 0.717) is 12.5 Å². The van der Waals surface area contributed by atoms with Gasteiger partial charge in [0.15, 0.2) is 0 Å². The second kappa shape index (κ2) is 4.44. The predicted molar refractivity (Wildman–Crippen MR) is 57.5 cm³/mol. The van der Waals surface area contributed by atoms with E-state index in [1.807, 2.05) is 20.8 Å². The smallest absolute Gasteiger partial charge is 0.223 e. The molecule has 0 spiro atoms. The Morgan fingerprint density at radius 1 is 1.47 bits per heavy atom. The fourth-order valence-electron chi connectivity index (χ4n) is 0.951. The lowest BCUT2D eigenvalue weighted by atomic mass is 9.97. The van der Waals surface area contributed by atoms with Crippen LogP contribution in [0.5, 0.6) is 5.88 Å². The summed E-state index contributed by atoms with van der Waals surface area (Å²) in [5, 5.41) is 9.04. The summed E-state index contributed by atoms with van der Waals surface area (Å²) in [6.45, 7) is 6.09. The minimum atomic E-state index is -0.284. The van der Waals surface area contributed by atoms with Crippen LogP contribution in [-0.4, -0.2) is 28.3 Å². The number of aliphatic hydroxyl groups excluding tert-OH is 1. The number of hydrogen-bond acceptors (Lipinski definition) is 5. The standard InChI is InChI=1S/C10H17N3O2/c1-7-4-8(13-9(11)12-7)15-6-10(2,3)5-14/h4,14H,5-6H2,1-3H3,(H2,11,12,13). The topological polar surface area (TPSA) is 81.3 Å². The average Bonchev–Trinajstić information content (AvgIpc) is 2.14. The van der Waals surface area contributed by atoms with Crippen molar-refractivity contribution in [1.29, 1.82) is 0 Å². The number of nitrogen functional groups attached to an aromatic ring is 1. The largest absolute Gasteiger partial charge is 0.477 e. The SMILES string of the molecule is Cc1cc(OCC(C)(C)CO)nc(N)n1. The van der Waals surface area contributed by atoms with Crippen molar-refractivity contribution < 1.29 is 9.84 Å². The van der Waals surface area contributed by atoms with Gasteiger partial charge in [0.25, 0.3) is 0 Å². The number of anilines is 1. The summed E-state index contributed by atoms with van der Waals surface area (Å²) < 4.78 is 5.43. The van der Waals surface area contributed by atoms with Crippen LogP contribution in [0.4, 0.5) is 5.95 Å². The molecule has 0 saturated carbocycles. The highest BCUT2D eigenvalue weighted by Crippen LogP contribution is 2.17. The normalized spacial score (nSPS) is 11.5. The fraction of sp³-hybridized carbons (Fsp3) is 0.600. The van der Waals surface area contributed by atoms with Crippen LogP contribution >= 0.6 is 0 Å². The molecule has 15 heavy (non-hydrogen) atoms. The van der Waals surface area contributed by atoms with E-state index in [1.165, 1.54) is 0 Å². The molecule has 0 aliphatic carbocycles. The van der Waals surface area contributed by atoms with E-state index < -0.39 is 0 Å². The monoisotopic (exact) mass is 211 g/mol. The van der Waals surface area contributed by atoms with Gasteiger partial charge in [-0.25, -0.2) is 4.98 Å². The Bertz CT molecular complexity index is 319. The molecule has 5 heteroatoms. The first-order valence-electron chi connectivity index (χ1n) is 4.78. The predicted octanol–water partition coefficient (Wildman–Crippen LogP) is 0.765. The molecule has 1 rings (SSSR count). The second-order valence-corrected chi connectivity index (χ2v) is 4.32. The van der Waals surface area contributed by atoms with Crippen LogP contribution < -0.4 is 10.5 Å². The van der Waals surface area contributed by atoms with Crippen LogP contribution in [0.2, 0.25) is 0 Å². The van der Waals surface area contributed by atoms with E-state index >= 15 is 0 Å². The summed E-state index contributed by atoms with van der Waals surface area (Å²) in [5.74, 6) is 0.647. The first-order valence-corrected chi connectivity index (χ1v) is 4.78. The lowest BCUT2D eigenvalue weighted by Crippen LogP contribution is -2.25. The van der Waals surface area contributed by atoms with Gasteiger partial charge in [0, 0.05) is 17.2 Å². The highest BCUT2D eigenvalue weighted by Gasteiger charge is 2.17. The lowest BCUT2D eigenvalue weighted by molar-refractivity contribution is 0.0951. The Morgan fingerprint density at radius 3 is 2.67 bits per heavy atom. The summed E-state index contributed by atoms with van der Waals surface area (Å²) >= 11 is 0. The van der Waals surface area contributed by atoms with E-state index in [9.17, 15) is 0 Å². The van der Waals surface area contributed by atoms with Gasteiger partial charge in [-0.1, -0.05) is 13.8 Å². The number of nitrogens with two attached hydrogens (primary N) is 1. The van der Waals surface area contributed by atoms with Gasteiger partial charge in [0.1, 0.15) is 0 Å². The highest BCUT2D eigenvalue weighted by molar-refractivity contribution is 5.25. The molecule has 1 aromatic heterocycles. The zero-order valence-electron chi connectivity index (χ0n) is 9.32. The van der Waals surface area contributed by atoms with E-state index in [1.54, 1.807) is 6.07 Å². The summed E-state index contributed by atoms with van der Waals surface area (Å²) in [7, 11) is 0. The van der Waals surface area contributed by atoms with Crippen molar-refractivity contribution in [2.45, 2.75) is 20.8 Å². The molecule has 84 valence electrons. The van der Waals surface area contributed by atoms with Crippen LogP contribution in [0.15, 0.2) is 6.07 Å².